The molecule has 0 heterocycles. The molecular formula is C16H27N3O. The van der Waals surface area contributed by atoms with Crippen LogP contribution in [0.25, 0.3) is 0 Å². The summed E-state index contributed by atoms with van der Waals surface area (Å²) in [5, 5.41) is 3.43. The fourth-order valence-electron chi connectivity index (χ4n) is 2.41. The Kier molecular flexibility index (Phi) is 5.53. The lowest BCUT2D eigenvalue weighted by Crippen LogP contribution is -2.31. The van der Waals surface area contributed by atoms with Crippen molar-refractivity contribution in [2.24, 2.45) is 0 Å². The van der Waals surface area contributed by atoms with Gasteiger partial charge in [-0.3, -0.25) is 4.90 Å². The second kappa shape index (κ2) is 7.39. The third-order valence-corrected chi connectivity index (χ3v) is 3.71. The van der Waals surface area contributed by atoms with E-state index in [0.29, 0.717) is 6.61 Å². The van der Waals surface area contributed by atoms with E-state index in [1.54, 1.807) is 0 Å². The Morgan fingerprint density at radius 2 is 2.15 bits per heavy atom. The second-order valence-corrected chi connectivity index (χ2v) is 5.35. The standard InChI is InChI=1S/C16H27N3O/c1-3-12-20-15-7-5-6-14(16(15)17)18-10-11-19(4-2)13-8-9-13/h5-7,13,18H,3-4,8-12,17H2,1-2H3. The Hall–Kier alpha value is -1.42. The van der Waals surface area contributed by atoms with Gasteiger partial charge in [0.15, 0.2) is 0 Å². The van der Waals surface area contributed by atoms with Gasteiger partial charge in [0.2, 0.25) is 0 Å². The molecule has 1 fully saturated rings. The lowest BCUT2D eigenvalue weighted by atomic mass is 10.2. The molecule has 4 nitrogen and oxygen atoms in total. The largest absolute Gasteiger partial charge is 0.491 e. The molecule has 0 amide bonds. The summed E-state index contributed by atoms with van der Waals surface area (Å²) >= 11 is 0. The highest BCUT2D eigenvalue weighted by Crippen LogP contribution is 2.30. The smallest absolute Gasteiger partial charge is 0.144 e. The van der Waals surface area contributed by atoms with Crippen molar-refractivity contribution in [3.63, 3.8) is 0 Å². The van der Waals surface area contributed by atoms with Crippen molar-refractivity contribution >= 4 is 11.4 Å². The summed E-state index contributed by atoms with van der Waals surface area (Å²) < 4.78 is 5.65. The number of nitrogens with two attached hydrogens (primary N) is 1. The summed E-state index contributed by atoms with van der Waals surface area (Å²) in [7, 11) is 0. The molecule has 0 aromatic heterocycles. The molecule has 20 heavy (non-hydrogen) atoms. The van der Waals surface area contributed by atoms with Gasteiger partial charge >= 0.3 is 0 Å². The van der Waals surface area contributed by atoms with Gasteiger partial charge in [0.25, 0.3) is 0 Å². The van der Waals surface area contributed by atoms with Crippen LogP contribution in [0.3, 0.4) is 0 Å². The fraction of sp³-hybridized carbons (Fsp3) is 0.625. The van der Waals surface area contributed by atoms with Crippen molar-refractivity contribution in [3.8, 4) is 5.75 Å². The van der Waals surface area contributed by atoms with Crippen LogP contribution in [0.15, 0.2) is 18.2 Å². The monoisotopic (exact) mass is 277 g/mol. The summed E-state index contributed by atoms with van der Waals surface area (Å²) in [6, 6.07) is 6.75. The molecule has 0 spiro atoms. The van der Waals surface area contributed by atoms with Gasteiger partial charge in [-0.1, -0.05) is 19.9 Å². The first-order valence-electron chi connectivity index (χ1n) is 7.75. The molecule has 2 rings (SSSR count). The molecule has 0 radical (unpaired) electrons. The molecule has 0 bridgehead atoms. The maximum atomic E-state index is 6.14. The molecule has 0 saturated heterocycles. The first-order chi connectivity index (χ1) is 9.76. The van der Waals surface area contributed by atoms with Crippen LogP contribution in [0.1, 0.15) is 33.1 Å². The van der Waals surface area contributed by atoms with Gasteiger partial charge in [0.05, 0.1) is 18.0 Å². The van der Waals surface area contributed by atoms with Gasteiger partial charge in [-0.25, -0.2) is 0 Å². The lowest BCUT2D eigenvalue weighted by molar-refractivity contribution is 0.289. The van der Waals surface area contributed by atoms with Gasteiger partial charge < -0.3 is 15.8 Å². The molecule has 0 unspecified atom stereocenters. The zero-order valence-electron chi connectivity index (χ0n) is 12.7. The minimum atomic E-state index is 0.707. The van der Waals surface area contributed by atoms with E-state index in [2.05, 4.69) is 24.1 Å². The molecule has 1 aromatic carbocycles. The van der Waals surface area contributed by atoms with Crippen LogP contribution in [0.4, 0.5) is 11.4 Å². The molecular weight excluding hydrogens is 250 g/mol. The van der Waals surface area contributed by atoms with Crippen molar-refractivity contribution in [2.45, 2.75) is 39.2 Å². The quantitative estimate of drug-likeness (QED) is 0.681. The van der Waals surface area contributed by atoms with Gasteiger partial charge in [0.1, 0.15) is 5.75 Å². The number of benzene rings is 1. The topological polar surface area (TPSA) is 50.5 Å². The molecule has 1 aliphatic carbocycles. The van der Waals surface area contributed by atoms with E-state index >= 15 is 0 Å². The molecule has 1 saturated carbocycles. The predicted octanol–water partition coefficient (Wildman–Crippen LogP) is 2.95. The Morgan fingerprint density at radius 3 is 2.80 bits per heavy atom. The number of para-hydroxylation sites is 1. The SMILES string of the molecule is CCCOc1cccc(NCCN(CC)C2CC2)c1N. The zero-order valence-corrected chi connectivity index (χ0v) is 12.7. The van der Waals surface area contributed by atoms with E-state index in [1.807, 2.05) is 18.2 Å². The second-order valence-electron chi connectivity index (χ2n) is 5.35. The number of rotatable bonds is 9. The van der Waals surface area contributed by atoms with Gasteiger partial charge in [0, 0.05) is 19.1 Å². The third-order valence-electron chi connectivity index (χ3n) is 3.71. The van der Waals surface area contributed by atoms with Crippen molar-refractivity contribution in [3.05, 3.63) is 18.2 Å². The number of likely N-dealkylation sites (N-methyl/N-ethyl adjacent to an activating group) is 1. The molecule has 1 aliphatic rings. The summed E-state index contributed by atoms with van der Waals surface area (Å²) in [5.74, 6) is 0.784. The highest BCUT2D eigenvalue weighted by Gasteiger charge is 2.27. The van der Waals surface area contributed by atoms with E-state index in [9.17, 15) is 0 Å². The third kappa shape index (κ3) is 4.04. The van der Waals surface area contributed by atoms with Gasteiger partial charge in [-0.2, -0.15) is 0 Å². The lowest BCUT2D eigenvalue weighted by Gasteiger charge is -2.21. The Balaban J connectivity index is 1.85. The zero-order chi connectivity index (χ0) is 14.4. The number of ether oxygens (including phenoxy) is 1. The molecule has 1 aromatic rings. The normalized spacial score (nSPS) is 14.6. The molecule has 0 atom stereocenters. The van der Waals surface area contributed by atoms with E-state index in [0.717, 1.165) is 49.2 Å². The summed E-state index contributed by atoms with van der Waals surface area (Å²) in [4.78, 5) is 2.53. The van der Waals surface area contributed by atoms with Gasteiger partial charge in [-0.15, -0.1) is 0 Å². The number of hydrogen-bond donors (Lipinski definition) is 2. The van der Waals surface area contributed by atoms with Crippen LogP contribution in [0.2, 0.25) is 0 Å². The molecule has 4 heteroatoms. The van der Waals surface area contributed by atoms with Gasteiger partial charge in [-0.05, 0) is 37.9 Å². The summed E-state index contributed by atoms with van der Waals surface area (Å²) in [6.45, 7) is 8.15. The van der Waals surface area contributed by atoms with Crippen LogP contribution in [-0.2, 0) is 0 Å². The van der Waals surface area contributed by atoms with Crippen molar-refractivity contribution in [1.29, 1.82) is 0 Å². The van der Waals surface area contributed by atoms with E-state index in [4.69, 9.17) is 10.5 Å². The minimum Gasteiger partial charge on any atom is -0.491 e. The summed E-state index contributed by atoms with van der Waals surface area (Å²) in [6.07, 6.45) is 3.70. The predicted molar refractivity (Wildman–Crippen MR) is 85.4 cm³/mol. The Morgan fingerprint density at radius 1 is 1.35 bits per heavy atom. The molecule has 0 aliphatic heterocycles. The van der Waals surface area contributed by atoms with Crippen LogP contribution in [-0.4, -0.2) is 37.2 Å². The van der Waals surface area contributed by atoms with Crippen LogP contribution < -0.4 is 15.8 Å². The van der Waals surface area contributed by atoms with Crippen molar-refractivity contribution in [2.75, 3.05) is 37.3 Å². The number of nitrogens with one attached hydrogen (secondary N) is 1. The number of hydrogen-bond acceptors (Lipinski definition) is 4. The highest BCUT2D eigenvalue weighted by atomic mass is 16.5. The average Bonchev–Trinajstić information content (AvgIpc) is 3.28. The number of nitrogen functional groups attached to an aromatic ring is 1. The molecule has 3 N–H and O–H groups in total. The average molecular weight is 277 g/mol. The highest BCUT2D eigenvalue weighted by molar-refractivity contribution is 5.72. The molecule has 112 valence electrons. The van der Waals surface area contributed by atoms with Crippen molar-refractivity contribution < 1.29 is 4.74 Å². The number of anilines is 2. The van der Waals surface area contributed by atoms with E-state index in [-0.39, 0.29) is 0 Å². The maximum absolute atomic E-state index is 6.14. The first-order valence-corrected chi connectivity index (χ1v) is 7.75. The van der Waals surface area contributed by atoms with E-state index in [1.165, 1.54) is 12.8 Å². The van der Waals surface area contributed by atoms with Crippen LogP contribution in [0.5, 0.6) is 5.75 Å². The minimum absolute atomic E-state index is 0.707. The van der Waals surface area contributed by atoms with Crippen molar-refractivity contribution in [1.82, 2.24) is 4.90 Å². The van der Waals surface area contributed by atoms with E-state index < -0.39 is 0 Å². The first kappa shape index (κ1) is 15.0. The van der Waals surface area contributed by atoms with Crippen LogP contribution in [0, 0.1) is 0 Å². The van der Waals surface area contributed by atoms with Crippen LogP contribution >= 0.6 is 0 Å². The summed E-state index contributed by atoms with van der Waals surface area (Å²) in [5.41, 5.74) is 7.84. The fourth-order valence-corrected chi connectivity index (χ4v) is 2.41. The maximum Gasteiger partial charge on any atom is 0.144 e. The Labute approximate surface area is 122 Å². The number of nitrogens with zero attached hydrogens (tertiary/aromatic N) is 1. The Bertz CT molecular complexity index is 418.